The molecule has 3 aliphatic heterocycles. The topological polar surface area (TPSA) is 89.9 Å². The summed E-state index contributed by atoms with van der Waals surface area (Å²) < 4.78 is 0. The van der Waals surface area contributed by atoms with Gasteiger partial charge in [-0.1, -0.05) is 19.1 Å². The quantitative estimate of drug-likeness (QED) is 0.508. The molecule has 0 unspecified atom stereocenters. The number of nitrogens with zero attached hydrogens (tertiary/aromatic N) is 1. The number of carbonyl (C=O) groups is 2. The molecule has 0 aliphatic carbocycles. The molecule has 3 heterocycles. The van der Waals surface area contributed by atoms with Gasteiger partial charge in [-0.25, -0.2) is 4.79 Å². The summed E-state index contributed by atoms with van der Waals surface area (Å²) in [6.45, 7) is 4.22. The number of β-lactam (4-membered cyclic amide) rings is 1. The van der Waals surface area contributed by atoms with Gasteiger partial charge in [0.05, 0.1) is 23.1 Å². The van der Waals surface area contributed by atoms with Crippen LogP contribution in [-0.2, 0) is 9.59 Å². The monoisotopic (exact) mass is 342 g/mol. The van der Waals surface area contributed by atoms with Gasteiger partial charge in [0.25, 0.3) is 0 Å². The van der Waals surface area contributed by atoms with Crippen LogP contribution in [0.2, 0.25) is 0 Å². The predicted molar refractivity (Wildman–Crippen MR) is 86.2 cm³/mol. The molecule has 2 saturated heterocycles. The molecule has 0 aromatic carbocycles. The van der Waals surface area contributed by atoms with E-state index in [4.69, 9.17) is 12.2 Å². The molecule has 3 rings (SSSR count). The fourth-order valence-electron chi connectivity index (χ4n) is 3.52. The van der Waals surface area contributed by atoms with Gasteiger partial charge in [-0.3, -0.25) is 4.79 Å². The van der Waals surface area contributed by atoms with E-state index in [1.807, 2.05) is 6.92 Å². The number of aliphatic hydroxyl groups is 1. The van der Waals surface area contributed by atoms with Gasteiger partial charge in [-0.05, 0) is 6.92 Å². The Labute approximate surface area is 137 Å². The van der Waals surface area contributed by atoms with E-state index in [2.05, 4.69) is 5.32 Å². The zero-order valence-electron chi connectivity index (χ0n) is 12.3. The lowest BCUT2D eigenvalue weighted by atomic mass is 9.79. The summed E-state index contributed by atoms with van der Waals surface area (Å²) in [7, 11) is 0. The third kappa shape index (κ3) is 2.24. The van der Waals surface area contributed by atoms with E-state index in [0.29, 0.717) is 6.54 Å². The highest BCUT2D eigenvalue weighted by molar-refractivity contribution is 8.03. The summed E-state index contributed by atoms with van der Waals surface area (Å²) in [6, 6.07) is -0.248. The van der Waals surface area contributed by atoms with Crippen LogP contribution in [0.4, 0.5) is 0 Å². The van der Waals surface area contributed by atoms with E-state index in [1.54, 1.807) is 6.92 Å². The molecule has 5 atom stereocenters. The van der Waals surface area contributed by atoms with Crippen molar-refractivity contribution in [3.63, 3.8) is 0 Å². The van der Waals surface area contributed by atoms with Crippen molar-refractivity contribution in [2.45, 2.75) is 37.7 Å². The van der Waals surface area contributed by atoms with Crippen molar-refractivity contribution in [3.05, 3.63) is 10.6 Å². The van der Waals surface area contributed by atoms with Gasteiger partial charge in [-0.15, -0.1) is 11.8 Å². The van der Waals surface area contributed by atoms with E-state index in [9.17, 15) is 19.8 Å². The Morgan fingerprint density at radius 3 is 2.73 bits per heavy atom. The molecule has 3 aliphatic rings. The van der Waals surface area contributed by atoms with E-state index in [-0.39, 0.29) is 28.8 Å². The average Bonchev–Trinajstić information content (AvgIpc) is 2.92. The molecule has 0 aromatic heterocycles. The summed E-state index contributed by atoms with van der Waals surface area (Å²) in [5, 5.41) is 22.6. The molecule has 0 aromatic rings. The number of hydrogen-bond donors (Lipinski definition) is 3. The molecule has 0 radical (unpaired) electrons. The van der Waals surface area contributed by atoms with Crippen molar-refractivity contribution < 1.29 is 19.8 Å². The van der Waals surface area contributed by atoms with Crippen LogP contribution in [0.3, 0.4) is 0 Å². The smallest absolute Gasteiger partial charge is 0.353 e. The zero-order chi connectivity index (χ0) is 16.2. The molecule has 0 spiro atoms. The van der Waals surface area contributed by atoms with Crippen molar-refractivity contribution >= 4 is 40.8 Å². The second-order valence-electron chi connectivity index (χ2n) is 6.02. The van der Waals surface area contributed by atoms with Crippen LogP contribution < -0.4 is 5.32 Å². The number of carboxylic acid groups (broad SMARTS) is 1. The highest BCUT2D eigenvalue weighted by atomic mass is 32.2. The fraction of sp³-hybridized carbons (Fsp3) is 0.643. The standard InChI is InChI=1S/C14H18N2O4S2/c1-5-10-9(6(2)17)13(18)16(10)11(14(19)20)12(5)22-7-3-8(21)15-4-7/h5-7,9-10,17H,3-4H2,1-2H3,(H,15,21)(H,19,20)/t5-,6-,7-,9-,10+/m1/s1. The molecule has 0 bridgehead atoms. The first kappa shape index (κ1) is 15.8. The first-order chi connectivity index (χ1) is 10.3. The second-order valence-corrected chi connectivity index (χ2v) is 7.85. The number of rotatable bonds is 4. The molecule has 8 heteroatoms. The lowest BCUT2D eigenvalue weighted by molar-refractivity contribution is -0.163. The van der Waals surface area contributed by atoms with Crippen LogP contribution in [0.5, 0.6) is 0 Å². The highest BCUT2D eigenvalue weighted by Gasteiger charge is 2.60. The number of carbonyl (C=O) groups excluding carboxylic acids is 1. The largest absolute Gasteiger partial charge is 0.477 e. The van der Waals surface area contributed by atoms with Crippen LogP contribution in [0.1, 0.15) is 20.3 Å². The van der Waals surface area contributed by atoms with Crippen LogP contribution in [0.15, 0.2) is 10.6 Å². The summed E-state index contributed by atoms with van der Waals surface area (Å²) in [4.78, 5) is 26.7. The number of nitrogens with one attached hydrogen (secondary N) is 1. The fourth-order valence-corrected chi connectivity index (χ4v) is 5.34. The number of amides is 1. The van der Waals surface area contributed by atoms with Crippen LogP contribution in [0, 0.1) is 11.8 Å². The number of aliphatic carboxylic acids is 1. The Balaban J connectivity index is 1.88. The lowest BCUT2D eigenvalue weighted by Crippen LogP contribution is -2.63. The zero-order valence-corrected chi connectivity index (χ0v) is 13.9. The number of hydrogen-bond acceptors (Lipinski definition) is 5. The SMILES string of the molecule is C[C@@H](O)[C@H]1C(=O)N2C(C(=O)O)=C(S[C@H]3CNC(=S)C3)[C@H](C)[C@@H]12. The molecular weight excluding hydrogens is 324 g/mol. The number of carboxylic acids is 1. The summed E-state index contributed by atoms with van der Waals surface area (Å²) in [6.07, 6.45) is -0.0435. The number of aliphatic hydroxyl groups excluding tert-OH is 1. The molecule has 6 nitrogen and oxygen atoms in total. The number of fused-ring (bicyclic) bond motifs is 1. The molecular formula is C14H18N2O4S2. The van der Waals surface area contributed by atoms with Gasteiger partial charge >= 0.3 is 5.97 Å². The average molecular weight is 342 g/mol. The Kier molecular flexibility index (Phi) is 3.94. The van der Waals surface area contributed by atoms with Crippen LogP contribution in [-0.4, -0.2) is 55.9 Å². The molecule has 22 heavy (non-hydrogen) atoms. The van der Waals surface area contributed by atoms with Gasteiger partial charge in [0, 0.05) is 29.0 Å². The van der Waals surface area contributed by atoms with E-state index < -0.39 is 18.0 Å². The Bertz CT molecular complexity index is 589. The maximum Gasteiger partial charge on any atom is 0.353 e. The second kappa shape index (κ2) is 5.50. The van der Waals surface area contributed by atoms with Crippen molar-refractivity contribution in [1.82, 2.24) is 10.2 Å². The van der Waals surface area contributed by atoms with E-state index in [1.165, 1.54) is 16.7 Å². The van der Waals surface area contributed by atoms with Gasteiger partial charge in [0.2, 0.25) is 5.91 Å². The number of thiocarbonyl (C=S) groups is 1. The minimum absolute atomic E-state index is 0.0810. The van der Waals surface area contributed by atoms with Gasteiger partial charge in [-0.2, -0.15) is 0 Å². The van der Waals surface area contributed by atoms with E-state index >= 15 is 0 Å². The first-order valence-electron chi connectivity index (χ1n) is 7.25. The molecule has 120 valence electrons. The first-order valence-corrected chi connectivity index (χ1v) is 8.53. The van der Waals surface area contributed by atoms with Crippen LogP contribution in [0.25, 0.3) is 0 Å². The molecule has 1 amide bonds. The van der Waals surface area contributed by atoms with Crippen molar-refractivity contribution in [3.8, 4) is 0 Å². The van der Waals surface area contributed by atoms with Crippen molar-refractivity contribution in [2.75, 3.05) is 6.54 Å². The summed E-state index contributed by atoms with van der Waals surface area (Å²) in [5.41, 5.74) is 0.0854. The van der Waals surface area contributed by atoms with Crippen molar-refractivity contribution in [2.24, 2.45) is 11.8 Å². The van der Waals surface area contributed by atoms with Gasteiger partial charge in [0.1, 0.15) is 5.70 Å². The maximum atomic E-state index is 12.2. The normalized spacial score (nSPS) is 35.3. The Morgan fingerprint density at radius 2 is 2.23 bits per heavy atom. The highest BCUT2D eigenvalue weighted by Crippen LogP contribution is 2.51. The predicted octanol–water partition coefficient (Wildman–Crippen LogP) is 0.563. The Hall–Kier alpha value is -1.12. The third-order valence-corrected chi connectivity index (χ3v) is 6.34. The molecule has 2 fully saturated rings. The maximum absolute atomic E-state index is 12.2. The molecule has 3 N–H and O–H groups in total. The van der Waals surface area contributed by atoms with Crippen LogP contribution >= 0.6 is 24.0 Å². The lowest BCUT2D eigenvalue weighted by Gasteiger charge is -2.46. The summed E-state index contributed by atoms with van der Waals surface area (Å²) in [5.74, 6) is -1.96. The summed E-state index contributed by atoms with van der Waals surface area (Å²) >= 11 is 6.62. The Morgan fingerprint density at radius 1 is 1.55 bits per heavy atom. The van der Waals surface area contributed by atoms with Gasteiger partial charge < -0.3 is 20.4 Å². The minimum Gasteiger partial charge on any atom is -0.477 e. The third-order valence-electron chi connectivity index (χ3n) is 4.54. The van der Waals surface area contributed by atoms with Crippen molar-refractivity contribution in [1.29, 1.82) is 0 Å². The van der Waals surface area contributed by atoms with E-state index in [0.717, 1.165) is 16.3 Å². The number of thioether (sulfide) groups is 1. The minimum atomic E-state index is -1.08. The van der Waals surface area contributed by atoms with Gasteiger partial charge in [0.15, 0.2) is 0 Å². The molecule has 0 saturated carbocycles.